The monoisotopic (exact) mass is 325 g/mol. The average Bonchev–Trinajstić information content (AvgIpc) is 3.13. The van der Waals surface area contributed by atoms with Crippen molar-refractivity contribution < 1.29 is 9.59 Å². The Morgan fingerprint density at radius 1 is 1.00 bits per heavy atom. The normalized spacial score (nSPS) is 24.5. The van der Waals surface area contributed by atoms with E-state index in [4.69, 9.17) is 0 Å². The van der Waals surface area contributed by atoms with Crippen molar-refractivity contribution in [3.63, 3.8) is 0 Å². The van der Waals surface area contributed by atoms with Gasteiger partial charge in [0.1, 0.15) is 0 Å². The van der Waals surface area contributed by atoms with Gasteiger partial charge < -0.3 is 5.32 Å². The number of rotatable bonds is 4. The Labute approximate surface area is 144 Å². The van der Waals surface area contributed by atoms with E-state index in [0.717, 1.165) is 12.3 Å². The van der Waals surface area contributed by atoms with Crippen LogP contribution in [0.25, 0.3) is 0 Å². The van der Waals surface area contributed by atoms with Crippen molar-refractivity contribution in [3.05, 3.63) is 0 Å². The maximum Gasteiger partial charge on any atom is 0.224 e. The number of carbonyl (C=O) groups is 2. The first-order chi connectivity index (χ1) is 10.8. The molecule has 2 aliphatic rings. The van der Waals surface area contributed by atoms with Crippen molar-refractivity contribution in [3.8, 4) is 0 Å². The van der Waals surface area contributed by atoms with Crippen molar-refractivity contribution in [2.45, 2.75) is 93.5 Å². The molecule has 2 fully saturated rings. The molecule has 2 rings (SSSR count). The molecular weight excluding hydrogens is 286 g/mol. The smallest absolute Gasteiger partial charge is 0.224 e. The molecule has 23 heavy (non-hydrogen) atoms. The molecule has 0 aromatic carbocycles. The fourth-order valence-corrected chi connectivity index (χ4v) is 3.60. The lowest BCUT2D eigenvalue weighted by molar-refractivity contribution is -0.130. The van der Waals surface area contributed by atoms with Gasteiger partial charge in [0.2, 0.25) is 5.91 Å². The second-order valence-electron chi connectivity index (χ2n) is 7.47. The summed E-state index contributed by atoms with van der Waals surface area (Å²) in [5, 5.41) is 2.98. The molecule has 136 valence electrons. The number of amides is 1. The summed E-state index contributed by atoms with van der Waals surface area (Å²) in [7, 11) is 0. The van der Waals surface area contributed by atoms with E-state index in [2.05, 4.69) is 5.32 Å². The topological polar surface area (TPSA) is 46.2 Å². The molecule has 2 unspecified atom stereocenters. The van der Waals surface area contributed by atoms with Crippen LogP contribution in [0.5, 0.6) is 0 Å². The maximum absolute atomic E-state index is 12.3. The Morgan fingerprint density at radius 3 is 1.87 bits per heavy atom. The Kier molecular flexibility index (Phi) is 9.72. The van der Waals surface area contributed by atoms with Crippen molar-refractivity contribution in [1.82, 2.24) is 5.32 Å². The van der Waals surface area contributed by atoms with Crippen molar-refractivity contribution in [2.75, 3.05) is 0 Å². The van der Waals surface area contributed by atoms with Crippen LogP contribution in [-0.2, 0) is 9.59 Å². The predicted octanol–water partition coefficient (Wildman–Crippen LogP) is 4.99. The zero-order valence-corrected chi connectivity index (χ0v) is 16.7. The largest absolute Gasteiger partial charge is 0.346 e. The molecule has 0 heterocycles. The zero-order valence-electron chi connectivity index (χ0n) is 16.7. The summed E-state index contributed by atoms with van der Waals surface area (Å²) >= 11 is 0. The summed E-state index contributed by atoms with van der Waals surface area (Å²) in [6.07, 6.45) is 6.28. The first-order valence-corrected chi connectivity index (χ1v) is 9.61. The van der Waals surface area contributed by atoms with Crippen LogP contribution >= 0.6 is 0 Å². The number of ketones is 1. The van der Waals surface area contributed by atoms with Gasteiger partial charge in [0, 0.05) is 5.92 Å². The van der Waals surface area contributed by atoms with Crippen LogP contribution in [0.3, 0.4) is 0 Å². The number of nitrogens with one attached hydrogen (secondary N) is 1. The van der Waals surface area contributed by atoms with Gasteiger partial charge in [-0.25, -0.2) is 0 Å². The summed E-state index contributed by atoms with van der Waals surface area (Å²) in [5.74, 6) is 1.69. The van der Waals surface area contributed by atoms with Gasteiger partial charge in [-0.2, -0.15) is 0 Å². The second kappa shape index (κ2) is 10.1. The van der Waals surface area contributed by atoms with E-state index in [0.29, 0.717) is 5.92 Å². The Bertz CT molecular complexity index is 364. The van der Waals surface area contributed by atoms with Crippen LogP contribution in [0.4, 0.5) is 0 Å². The molecule has 1 amide bonds. The minimum Gasteiger partial charge on any atom is -0.346 e. The molecule has 0 bridgehead atoms. The highest BCUT2D eigenvalue weighted by atomic mass is 16.2. The molecule has 2 saturated carbocycles. The highest BCUT2D eigenvalue weighted by molar-refractivity contribution is 5.90. The number of Topliss-reactive ketones (excluding diaryl/α,β-unsaturated/α-hetero) is 1. The van der Waals surface area contributed by atoms with E-state index in [9.17, 15) is 9.59 Å². The van der Waals surface area contributed by atoms with Crippen LogP contribution in [0.2, 0.25) is 0 Å². The van der Waals surface area contributed by atoms with Gasteiger partial charge in [0.05, 0.1) is 6.04 Å². The average molecular weight is 326 g/mol. The quantitative estimate of drug-likeness (QED) is 0.792. The second-order valence-corrected chi connectivity index (χ2v) is 7.47. The van der Waals surface area contributed by atoms with Gasteiger partial charge in [0.25, 0.3) is 0 Å². The third-order valence-corrected chi connectivity index (χ3v) is 4.74. The molecular formula is C20H39NO2. The summed E-state index contributed by atoms with van der Waals surface area (Å²) in [6.45, 7) is 15.6. The molecule has 3 heteroatoms. The molecule has 3 nitrogen and oxygen atoms in total. The van der Waals surface area contributed by atoms with Gasteiger partial charge >= 0.3 is 0 Å². The number of hydrogen-bond acceptors (Lipinski definition) is 2. The summed E-state index contributed by atoms with van der Waals surface area (Å²) in [5.41, 5.74) is -0.209. The van der Waals surface area contributed by atoms with Gasteiger partial charge in [0.15, 0.2) is 5.78 Å². The lowest BCUT2D eigenvalue weighted by Crippen LogP contribution is -2.49. The van der Waals surface area contributed by atoms with Gasteiger partial charge in [-0.1, -0.05) is 74.1 Å². The fourth-order valence-electron chi connectivity index (χ4n) is 3.60. The highest BCUT2D eigenvalue weighted by Crippen LogP contribution is 2.50. The first kappa shape index (κ1) is 22.1. The molecule has 2 aliphatic carbocycles. The van der Waals surface area contributed by atoms with Crippen LogP contribution in [0.15, 0.2) is 0 Å². The van der Waals surface area contributed by atoms with E-state index in [1.54, 1.807) is 6.92 Å². The van der Waals surface area contributed by atoms with Gasteiger partial charge in [-0.15, -0.1) is 0 Å². The van der Waals surface area contributed by atoms with Crippen molar-refractivity contribution in [1.29, 1.82) is 0 Å². The first-order valence-electron chi connectivity index (χ1n) is 9.61. The van der Waals surface area contributed by atoms with Crippen LogP contribution in [-0.4, -0.2) is 17.7 Å². The zero-order chi connectivity index (χ0) is 18.2. The standard InChI is InChI=1S/C16H27NO2.2C2H6/c1-10(18)14(16(2,3)4)17-15(19)13-9-12(13)11-7-5-6-8-11;2*1-2/h11-14H,5-9H2,1-4H3,(H,17,19);2*1-2H3/t12?,13-,14?;;/m1../s1. The van der Waals surface area contributed by atoms with E-state index in [-0.39, 0.29) is 29.1 Å². The molecule has 0 radical (unpaired) electrons. The Balaban J connectivity index is 0.00000112. The molecule has 0 aliphatic heterocycles. The predicted molar refractivity (Wildman–Crippen MR) is 98.3 cm³/mol. The lowest BCUT2D eigenvalue weighted by atomic mass is 9.84. The number of carbonyl (C=O) groups excluding carboxylic acids is 2. The van der Waals surface area contributed by atoms with Crippen LogP contribution in [0.1, 0.15) is 87.5 Å². The number of hydrogen-bond donors (Lipinski definition) is 1. The summed E-state index contributed by atoms with van der Waals surface area (Å²) in [4.78, 5) is 24.0. The van der Waals surface area contributed by atoms with Crippen LogP contribution < -0.4 is 5.32 Å². The van der Waals surface area contributed by atoms with E-state index < -0.39 is 0 Å². The third kappa shape index (κ3) is 6.64. The molecule has 0 saturated heterocycles. The minimum absolute atomic E-state index is 0.0546. The summed E-state index contributed by atoms with van der Waals surface area (Å²) in [6, 6.07) is -0.357. The van der Waals surface area contributed by atoms with E-state index in [1.165, 1.54) is 25.7 Å². The molecule has 3 atom stereocenters. The lowest BCUT2D eigenvalue weighted by Gasteiger charge is -2.29. The van der Waals surface area contributed by atoms with E-state index >= 15 is 0 Å². The SMILES string of the molecule is CC.CC.CC(=O)C(NC(=O)[C@@H]1CC1C1CCCC1)C(C)(C)C. The molecule has 1 N–H and O–H groups in total. The minimum atomic E-state index is -0.357. The van der Waals surface area contributed by atoms with E-state index in [1.807, 2.05) is 48.5 Å². The van der Waals surface area contributed by atoms with Crippen LogP contribution in [0, 0.1) is 23.2 Å². The van der Waals surface area contributed by atoms with Gasteiger partial charge in [-0.3, -0.25) is 9.59 Å². The molecule has 0 aromatic rings. The highest BCUT2D eigenvalue weighted by Gasteiger charge is 2.48. The Morgan fingerprint density at radius 2 is 1.48 bits per heavy atom. The molecule has 0 aromatic heterocycles. The van der Waals surface area contributed by atoms with Gasteiger partial charge in [-0.05, 0) is 30.6 Å². The third-order valence-electron chi connectivity index (χ3n) is 4.74. The maximum atomic E-state index is 12.3. The van der Waals surface area contributed by atoms with Crippen molar-refractivity contribution >= 4 is 11.7 Å². The van der Waals surface area contributed by atoms with Crippen molar-refractivity contribution in [2.24, 2.45) is 23.2 Å². The Hall–Kier alpha value is -0.860. The fraction of sp³-hybridized carbons (Fsp3) is 0.900. The summed E-state index contributed by atoms with van der Waals surface area (Å²) < 4.78 is 0. The molecule has 0 spiro atoms.